The third kappa shape index (κ3) is 5.34. The van der Waals surface area contributed by atoms with E-state index in [4.69, 9.17) is 16.3 Å². The zero-order chi connectivity index (χ0) is 25.8. The van der Waals surface area contributed by atoms with E-state index in [2.05, 4.69) is 16.1 Å². The molecule has 0 aliphatic rings. The topological polar surface area (TPSA) is 101 Å². The van der Waals surface area contributed by atoms with Gasteiger partial charge in [-0.3, -0.25) is 19.8 Å². The smallest absolute Gasteiger partial charge is 0.328 e. The number of ether oxygens (including phenoxy) is 1. The van der Waals surface area contributed by atoms with E-state index < -0.39 is 17.7 Å². The van der Waals surface area contributed by atoms with Crippen LogP contribution in [0.3, 0.4) is 0 Å². The first kappa shape index (κ1) is 24.8. The van der Waals surface area contributed by atoms with Crippen LogP contribution in [-0.2, 0) is 9.59 Å². The van der Waals surface area contributed by atoms with Crippen molar-refractivity contribution in [2.24, 2.45) is 0 Å². The Hall–Kier alpha value is -4.30. The highest BCUT2D eigenvalue weighted by Gasteiger charge is 2.22. The number of aromatic nitrogens is 1. The van der Waals surface area contributed by atoms with E-state index in [9.17, 15) is 14.4 Å². The minimum atomic E-state index is -0.964. The summed E-state index contributed by atoms with van der Waals surface area (Å²) < 4.78 is 6.78. The summed E-state index contributed by atoms with van der Waals surface area (Å²) in [5.74, 6) is -1.90. The van der Waals surface area contributed by atoms with Gasteiger partial charge in [0.15, 0.2) is 0 Å². The fraction of sp³-hybridized carbons (Fsp3) is 0.148. The second-order valence-corrected chi connectivity index (χ2v) is 8.60. The van der Waals surface area contributed by atoms with Crippen molar-refractivity contribution in [3.63, 3.8) is 0 Å². The summed E-state index contributed by atoms with van der Waals surface area (Å²) in [6.07, 6.45) is 0. The summed E-state index contributed by atoms with van der Waals surface area (Å²) >= 11 is 6.14. The van der Waals surface area contributed by atoms with Crippen molar-refractivity contribution in [2.45, 2.75) is 20.8 Å². The van der Waals surface area contributed by atoms with Crippen LogP contribution in [0.1, 0.15) is 28.5 Å². The minimum absolute atomic E-state index is 0.128. The quantitative estimate of drug-likeness (QED) is 0.311. The van der Waals surface area contributed by atoms with Crippen LogP contribution in [0.5, 0.6) is 5.75 Å². The molecule has 36 heavy (non-hydrogen) atoms. The fourth-order valence-corrected chi connectivity index (χ4v) is 3.98. The molecule has 3 aromatic carbocycles. The summed E-state index contributed by atoms with van der Waals surface area (Å²) in [7, 11) is 0. The summed E-state index contributed by atoms with van der Waals surface area (Å²) in [4.78, 5) is 38.8. The average molecular weight is 505 g/mol. The third-order valence-corrected chi connectivity index (χ3v) is 5.72. The van der Waals surface area contributed by atoms with Crippen LogP contribution in [0.2, 0.25) is 5.02 Å². The molecule has 1 aromatic heterocycles. The molecule has 0 aliphatic heterocycles. The van der Waals surface area contributed by atoms with Crippen molar-refractivity contribution >= 4 is 51.6 Å². The van der Waals surface area contributed by atoms with E-state index in [1.807, 2.05) is 39.0 Å². The molecular formula is C27H25ClN4O4. The van der Waals surface area contributed by atoms with Crippen LogP contribution in [0.25, 0.3) is 10.9 Å². The molecule has 4 rings (SSSR count). The van der Waals surface area contributed by atoms with Crippen LogP contribution >= 0.6 is 11.6 Å². The Labute approximate surface area is 213 Å². The Morgan fingerprint density at radius 2 is 1.67 bits per heavy atom. The van der Waals surface area contributed by atoms with E-state index in [0.717, 1.165) is 11.1 Å². The molecular weight excluding hydrogens is 480 g/mol. The van der Waals surface area contributed by atoms with Gasteiger partial charge in [-0.2, -0.15) is 0 Å². The van der Waals surface area contributed by atoms with Crippen molar-refractivity contribution in [1.82, 2.24) is 4.68 Å². The monoisotopic (exact) mass is 504 g/mol. The lowest BCUT2D eigenvalue weighted by Crippen LogP contribution is -2.36. The van der Waals surface area contributed by atoms with Gasteiger partial charge in [-0.25, -0.2) is 4.68 Å². The second kappa shape index (κ2) is 10.5. The Bertz CT molecular complexity index is 1480. The summed E-state index contributed by atoms with van der Waals surface area (Å²) in [6.45, 7) is 6.08. The molecule has 8 nitrogen and oxygen atoms in total. The normalized spacial score (nSPS) is 10.7. The highest BCUT2D eigenvalue weighted by Crippen LogP contribution is 2.25. The Kier molecular flexibility index (Phi) is 7.26. The van der Waals surface area contributed by atoms with Gasteiger partial charge in [-0.1, -0.05) is 41.4 Å². The summed E-state index contributed by atoms with van der Waals surface area (Å²) in [5.41, 5.74) is 6.12. The van der Waals surface area contributed by atoms with Crippen molar-refractivity contribution in [3.8, 4) is 5.75 Å². The number of anilines is 2. The average Bonchev–Trinajstić information content (AvgIpc) is 3.19. The standard InChI is InChI=1S/C27H25ClN4O4/c1-4-36-24-8-6-5-7-21(24)30-26(34)27(35)31-32-22-12-10-19(28)14-18(22)15-23(32)25(33)29-20-11-9-16(2)13-17(20)3/h5-15H,4H2,1-3H3,(H,29,33)(H,30,34)(H,31,35). The van der Waals surface area contributed by atoms with Crippen molar-refractivity contribution in [3.05, 3.63) is 88.6 Å². The number of fused-ring (bicyclic) bond motifs is 1. The van der Waals surface area contributed by atoms with Crippen LogP contribution in [-0.4, -0.2) is 29.0 Å². The SMILES string of the molecule is CCOc1ccccc1NC(=O)C(=O)Nn1c(C(=O)Nc2ccc(C)cc2C)cc2cc(Cl)ccc21. The molecule has 0 unspecified atom stereocenters. The first-order chi connectivity index (χ1) is 17.3. The fourth-order valence-electron chi connectivity index (χ4n) is 3.80. The van der Waals surface area contributed by atoms with Gasteiger partial charge >= 0.3 is 11.8 Å². The van der Waals surface area contributed by atoms with Gasteiger partial charge < -0.3 is 15.4 Å². The molecule has 3 amide bonds. The maximum Gasteiger partial charge on any atom is 0.328 e. The van der Waals surface area contributed by atoms with E-state index in [1.54, 1.807) is 48.5 Å². The minimum Gasteiger partial charge on any atom is -0.492 e. The Morgan fingerprint density at radius 1 is 0.889 bits per heavy atom. The number of nitrogens with zero attached hydrogens (tertiary/aromatic N) is 1. The number of hydrogen-bond donors (Lipinski definition) is 3. The van der Waals surface area contributed by atoms with Crippen molar-refractivity contribution in [2.75, 3.05) is 22.7 Å². The molecule has 0 bridgehead atoms. The van der Waals surface area contributed by atoms with E-state index in [1.165, 1.54) is 4.68 Å². The number of rotatable bonds is 6. The molecule has 4 aromatic rings. The highest BCUT2D eigenvalue weighted by atomic mass is 35.5. The second-order valence-electron chi connectivity index (χ2n) is 8.16. The van der Waals surface area contributed by atoms with Crippen LogP contribution in [0.4, 0.5) is 11.4 Å². The molecule has 184 valence electrons. The zero-order valence-electron chi connectivity index (χ0n) is 20.0. The first-order valence-corrected chi connectivity index (χ1v) is 11.7. The maximum absolute atomic E-state index is 13.3. The lowest BCUT2D eigenvalue weighted by Gasteiger charge is -2.14. The summed E-state index contributed by atoms with van der Waals surface area (Å²) in [5, 5.41) is 6.52. The number of carbonyl (C=O) groups is 3. The predicted molar refractivity (Wildman–Crippen MR) is 141 cm³/mol. The zero-order valence-corrected chi connectivity index (χ0v) is 20.8. The number of carbonyl (C=O) groups excluding carboxylic acids is 3. The molecule has 3 N–H and O–H groups in total. The van der Waals surface area contributed by atoms with Gasteiger partial charge in [-0.05, 0) is 68.8 Å². The van der Waals surface area contributed by atoms with Gasteiger partial charge in [0, 0.05) is 16.1 Å². The van der Waals surface area contributed by atoms with Crippen LogP contribution < -0.4 is 20.8 Å². The van der Waals surface area contributed by atoms with Crippen LogP contribution in [0, 0.1) is 13.8 Å². The Balaban J connectivity index is 1.63. The maximum atomic E-state index is 13.3. The van der Waals surface area contributed by atoms with Crippen molar-refractivity contribution < 1.29 is 19.1 Å². The Morgan fingerprint density at radius 3 is 2.42 bits per heavy atom. The molecule has 0 spiro atoms. The van der Waals surface area contributed by atoms with E-state index in [-0.39, 0.29) is 5.69 Å². The van der Waals surface area contributed by atoms with Gasteiger partial charge in [0.2, 0.25) is 0 Å². The molecule has 0 aliphatic carbocycles. The molecule has 0 saturated heterocycles. The van der Waals surface area contributed by atoms with Gasteiger partial charge in [0.1, 0.15) is 11.4 Å². The highest BCUT2D eigenvalue weighted by molar-refractivity contribution is 6.42. The largest absolute Gasteiger partial charge is 0.492 e. The number of amides is 3. The van der Waals surface area contributed by atoms with Gasteiger partial charge in [-0.15, -0.1) is 0 Å². The van der Waals surface area contributed by atoms with Crippen molar-refractivity contribution in [1.29, 1.82) is 0 Å². The molecule has 0 radical (unpaired) electrons. The van der Waals surface area contributed by atoms with Crippen LogP contribution in [0.15, 0.2) is 66.7 Å². The molecule has 9 heteroatoms. The number of benzene rings is 3. The number of para-hydroxylation sites is 2. The molecule has 0 saturated carbocycles. The first-order valence-electron chi connectivity index (χ1n) is 11.3. The molecule has 0 fully saturated rings. The van der Waals surface area contributed by atoms with E-state index in [0.29, 0.717) is 39.7 Å². The molecule has 1 heterocycles. The number of halogens is 1. The third-order valence-electron chi connectivity index (χ3n) is 5.48. The lowest BCUT2D eigenvalue weighted by atomic mass is 10.1. The van der Waals surface area contributed by atoms with E-state index >= 15 is 0 Å². The van der Waals surface area contributed by atoms with Gasteiger partial charge in [0.05, 0.1) is 17.8 Å². The predicted octanol–water partition coefficient (Wildman–Crippen LogP) is 5.27. The van der Waals surface area contributed by atoms with Gasteiger partial charge in [0.25, 0.3) is 5.91 Å². The number of nitrogens with one attached hydrogen (secondary N) is 3. The number of aryl methyl sites for hydroxylation is 2. The number of hydrogen-bond acceptors (Lipinski definition) is 4. The lowest BCUT2D eigenvalue weighted by molar-refractivity contribution is -0.133. The molecule has 0 atom stereocenters. The summed E-state index contributed by atoms with van der Waals surface area (Å²) in [6, 6.07) is 19.0.